The summed E-state index contributed by atoms with van der Waals surface area (Å²) in [5, 5.41) is 1.03. The summed E-state index contributed by atoms with van der Waals surface area (Å²) in [6, 6.07) is 9.58. The highest BCUT2D eigenvalue weighted by Crippen LogP contribution is 2.41. The second-order valence-electron chi connectivity index (χ2n) is 8.63. The summed E-state index contributed by atoms with van der Waals surface area (Å²) in [7, 11) is 1.49. The first-order chi connectivity index (χ1) is 18.5. The van der Waals surface area contributed by atoms with Crippen molar-refractivity contribution in [2.45, 2.75) is 6.54 Å². The normalized spacial score (nSPS) is 11.7. The SMILES string of the molecule is COCCOC(=O)c1c(-c2ccc[nH]c2=O)c2c3occc3c(F)cc2n1Cc1cc2[nH]cnc2cc1Cl. The lowest BCUT2D eigenvalue weighted by atomic mass is 10.0. The lowest BCUT2D eigenvalue weighted by molar-refractivity contribution is 0.0378. The predicted molar refractivity (Wildman–Crippen MR) is 140 cm³/mol. The van der Waals surface area contributed by atoms with E-state index in [2.05, 4.69) is 15.0 Å². The molecule has 192 valence electrons. The molecule has 4 heterocycles. The van der Waals surface area contributed by atoms with E-state index < -0.39 is 17.3 Å². The van der Waals surface area contributed by atoms with Crippen LogP contribution < -0.4 is 5.56 Å². The number of fused-ring (bicyclic) bond motifs is 4. The molecule has 6 aromatic rings. The van der Waals surface area contributed by atoms with Gasteiger partial charge in [0.15, 0.2) is 0 Å². The molecule has 0 fully saturated rings. The molecule has 0 saturated heterocycles. The number of hydrogen-bond donors (Lipinski definition) is 2. The topological polar surface area (TPSA) is 115 Å². The van der Waals surface area contributed by atoms with Crippen molar-refractivity contribution in [3.05, 3.63) is 87.6 Å². The van der Waals surface area contributed by atoms with Gasteiger partial charge in [-0.25, -0.2) is 14.2 Å². The number of aromatic nitrogens is 4. The molecule has 0 radical (unpaired) electrons. The molecule has 0 saturated carbocycles. The zero-order chi connectivity index (χ0) is 26.4. The summed E-state index contributed by atoms with van der Waals surface area (Å²) in [5.41, 5.74) is 2.69. The van der Waals surface area contributed by atoms with Gasteiger partial charge in [-0.05, 0) is 42.0 Å². The Labute approximate surface area is 218 Å². The van der Waals surface area contributed by atoms with E-state index in [1.165, 1.54) is 31.7 Å². The largest absolute Gasteiger partial charge is 0.463 e. The van der Waals surface area contributed by atoms with E-state index >= 15 is 4.39 Å². The van der Waals surface area contributed by atoms with Crippen LogP contribution in [0.5, 0.6) is 0 Å². The molecule has 2 aromatic carbocycles. The Bertz CT molecular complexity index is 1900. The van der Waals surface area contributed by atoms with Crippen molar-refractivity contribution in [1.82, 2.24) is 19.5 Å². The molecule has 0 spiro atoms. The number of carbonyl (C=O) groups excluding carboxylic acids is 1. The lowest BCUT2D eigenvalue weighted by Gasteiger charge is -2.13. The van der Waals surface area contributed by atoms with Gasteiger partial charge in [0.25, 0.3) is 5.56 Å². The van der Waals surface area contributed by atoms with Crippen molar-refractivity contribution in [2.24, 2.45) is 0 Å². The lowest BCUT2D eigenvalue weighted by Crippen LogP contribution is -2.18. The number of pyridine rings is 1. The zero-order valence-electron chi connectivity index (χ0n) is 20.0. The summed E-state index contributed by atoms with van der Waals surface area (Å²) in [6.07, 6.45) is 4.41. The van der Waals surface area contributed by atoms with E-state index in [0.717, 1.165) is 5.52 Å². The molecule has 0 atom stereocenters. The maximum Gasteiger partial charge on any atom is 0.355 e. The minimum absolute atomic E-state index is 0.0210. The van der Waals surface area contributed by atoms with Crippen molar-refractivity contribution < 1.29 is 23.1 Å². The second-order valence-corrected chi connectivity index (χ2v) is 9.04. The molecule has 4 aromatic heterocycles. The Morgan fingerprint density at radius 2 is 2.08 bits per heavy atom. The van der Waals surface area contributed by atoms with Crippen LogP contribution in [-0.2, 0) is 16.0 Å². The average Bonchev–Trinajstić information content (AvgIpc) is 3.63. The number of halogens is 2. The van der Waals surface area contributed by atoms with Gasteiger partial charge in [0.2, 0.25) is 0 Å². The molecular weight excluding hydrogens is 515 g/mol. The molecule has 11 heteroatoms. The molecule has 0 aliphatic heterocycles. The number of ether oxygens (including phenoxy) is 2. The monoisotopic (exact) mass is 534 g/mol. The first-order valence-corrected chi connectivity index (χ1v) is 12.0. The highest BCUT2D eigenvalue weighted by Gasteiger charge is 2.30. The number of H-pyrrole nitrogens is 2. The van der Waals surface area contributed by atoms with Crippen LogP contribution in [0.2, 0.25) is 5.02 Å². The van der Waals surface area contributed by atoms with Gasteiger partial charge in [-0.1, -0.05) is 11.6 Å². The molecule has 6 rings (SSSR count). The van der Waals surface area contributed by atoms with Crippen LogP contribution in [0.3, 0.4) is 0 Å². The fourth-order valence-corrected chi connectivity index (χ4v) is 4.96. The molecule has 0 aliphatic carbocycles. The number of methoxy groups -OCH3 is 1. The molecule has 2 N–H and O–H groups in total. The first-order valence-electron chi connectivity index (χ1n) is 11.7. The van der Waals surface area contributed by atoms with Gasteiger partial charge < -0.3 is 28.4 Å². The number of rotatable bonds is 7. The van der Waals surface area contributed by atoms with Crippen LogP contribution in [-0.4, -0.2) is 45.8 Å². The molecule has 38 heavy (non-hydrogen) atoms. The summed E-state index contributed by atoms with van der Waals surface area (Å²) in [4.78, 5) is 36.6. The first kappa shape index (κ1) is 24.0. The number of hydrogen-bond acceptors (Lipinski definition) is 6. The second kappa shape index (κ2) is 9.47. The van der Waals surface area contributed by atoms with Crippen LogP contribution in [0.25, 0.3) is 44.0 Å². The Morgan fingerprint density at radius 3 is 2.89 bits per heavy atom. The fraction of sp³-hybridized carbons (Fsp3) is 0.148. The van der Waals surface area contributed by atoms with Gasteiger partial charge >= 0.3 is 5.97 Å². The van der Waals surface area contributed by atoms with E-state index in [1.807, 2.05) is 6.07 Å². The third kappa shape index (κ3) is 3.85. The number of esters is 1. The smallest absolute Gasteiger partial charge is 0.355 e. The number of aromatic amines is 2. The van der Waals surface area contributed by atoms with Crippen molar-refractivity contribution in [3.8, 4) is 11.1 Å². The molecular formula is C27H20ClFN4O5. The van der Waals surface area contributed by atoms with Crippen LogP contribution in [0.1, 0.15) is 16.1 Å². The van der Waals surface area contributed by atoms with Gasteiger partial charge in [0, 0.05) is 30.4 Å². The van der Waals surface area contributed by atoms with Gasteiger partial charge in [0.1, 0.15) is 23.7 Å². The summed E-state index contributed by atoms with van der Waals surface area (Å²) in [6.45, 7) is 0.217. The number of nitrogens with one attached hydrogen (secondary N) is 2. The minimum atomic E-state index is -0.713. The number of carbonyl (C=O) groups is 1. The Hall–Kier alpha value is -4.41. The number of imidazole rings is 1. The fourth-order valence-electron chi connectivity index (χ4n) is 4.74. The average molecular weight is 535 g/mol. The van der Waals surface area contributed by atoms with Crippen molar-refractivity contribution in [1.29, 1.82) is 0 Å². The third-order valence-electron chi connectivity index (χ3n) is 6.44. The predicted octanol–water partition coefficient (Wildman–Crippen LogP) is 5.26. The minimum Gasteiger partial charge on any atom is -0.463 e. The number of benzene rings is 2. The van der Waals surface area contributed by atoms with Crippen LogP contribution in [0.4, 0.5) is 4.39 Å². The molecule has 0 amide bonds. The zero-order valence-corrected chi connectivity index (χ0v) is 20.8. The van der Waals surface area contributed by atoms with E-state index in [4.69, 9.17) is 25.5 Å². The highest BCUT2D eigenvalue weighted by molar-refractivity contribution is 6.32. The maximum absolute atomic E-state index is 15.3. The van der Waals surface area contributed by atoms with Crippen LogP contribution in [0, 0.1) is 5.82 Å². The van der Waals surface area contributed by atoms with Crippen molar-refractivity contribution in [3.63, 3.8) is 0 Å². The number of nitrogens with zero attached hydrogens (tertiary/aromatic N) is 2. The maximum atomic E-state index is 15.3. The van der Waals surface area contributed by atoms with Gasteiger partial charge in [-0.15, -0.1) is 0 Å². The standard InChI is InChI=1S/C27H20ClFN4O5/c1-36-7-8-38-27(35)24-22(16-3-2-5-30-26(16)34)23-21(11-18(29)15-4-6-37-25(15)23)33(24)12-14-9-19-20(10-17(14)28)32-13-31-19/h2-6,9-11,13H,7-8,12H2,1H3,(H,30,34)(H,31,32). The van der Waals surface area contributed by atoms with Crippen LogP contribution in [0.15, 0.2) is 64.4 Å². The Kier molecular flexibility index (Phi) is 5.97. The summed E-state index contributed by atoms with van der Waals surface area (Å²) >= 11 is 6.61. The molecule has 0 bridgehead atoms. The van der Waals surface area contributed by atoms with Crippen LogP contribution >= 0.6 is 11.6 Å². The third-order valence-corrected chi connectivity index (χ3v) is 6.79. The highest BCUT2D eigenvalue weighted by atomic mass is 35.5. The van der Waals surface area contributed by atoms with Gasteiger partial charge in [-0.3, -0.25) is 4.79 Å². The van der Waals surface area contributed by atoms with E-state index in [-0.39, 0.29) is 47.5 Å². The van der Waals surface area contributed by atoms with E-state index in [1.54, 1.807) is 29.1 Å². The van der Waals surface area contributed by atoms with Crippen molar-refractivity contribution >= 4 is 50.5 Å². The molecule has 0 unspecified atom stereocenters. The van der Waals surface area contributed by atoms with Crippen molar-refractivity contribution in [2.75, 3.05) is 20.3 Å². The Balaban J connectivity index is 1.70. The Morgan fingerprint density at radius 1 is 1.21 bits per heavy atom. The van der Waals surface area contributed by atoms with Gasteiger partial charge in [-0.2, -0.15) is 0 Å². The van der Waals surface area contributed by atoms with Gasteiger partial charge in [0.05, 0.1) is 52.1 Å². The number of furan rings is 1. The summed E-state index contributed by atoms with van der Waals surface area (Å²) in [5.74, 6) is -1.25. The quantitative estimate of drug-likeness (QED) is 0.213. The molecule has 0 aliphatic rings. The molecule has 9 nitrogen and oxygen atoms in total. The summed E-state index contributed by atoms with van der Waals surface area (Å²) < 4.78 is 33.1. The van der Waals surface area contributed by atoms with E-state index in [0.29, 0.717) is 27.0 Å². The van der Waals surface area contributed by atoms with E-state index in [9.17, 15) is 9.59 Å².